The molecule has 0 spiro atoms. The predicted octanol–water partition coefficient (Wildman–Crippen LogP) is 8.54. The summed E-state index contributed by atoms with van der Waals surface area (Å²) in [5.41, 5.74) is 5.13. The summed E-state index contributed by atoms with van der Waals surface area (Å²) >= 11 is 1.90. The number of rotatable bonds is 2. The average Bonchev–Trinajstić information content (AvgIpc) is 3.16. The van der Waals surface area contributed by atoms with Gasteiger partial charge in [0, 0.05) is 25.7 Å². The summed E-state index contributed by atoms with van der Waals surface area (Å²) in [4.78, 5) is 0. The summed E-state index contributed by atoms with van der Waals surface area (Å²) in [5, 5.41) is 5.31. The van der Waals surface area contributed by atoms with Crippen LogP contribution in [0.1, 0.15) is 0 Å². The van der Waals surface area contributed by atoms with Crippen LogP contribution in [-0.4, -0.2) is 0 Å². The maximum atomic E-state index is 2.36. The minimum atomic E-state index is 1.25. The highest BCUT2D eigenvalue weighted by atomic mass is 32.1. The molecule has 0 aliphatic rings. The van der Waals surface area contributed by atoms with E-state index >= 15 is 0 Å². The van der Waals surface area contributed by atoms with Crippen LogP contribution < -0.4 is 0 Å². The molecular weight excluding hydrogens is 368 g/mol. The van der Waals surface area contributed by atoms with E-state index in [0.29, 0.717) is 0 Å². The lowest BCUT2D eigenvalue weighted by molar-refractivity contribution is 1.61. The lowest BCUT2D eigenvalue weighted by Gasteiger charge is -2.11. The molecule has 0 unspecified atom stereocenters. The van der Waals surface area contributed by atoms with Gasteiger partial charge in [-0.1, -0.05) is 91.0 Å². The summed E-state index contributed by atoms with van der Waals surface area (Å²) in [7, 11) is 0. The topological polar surface area (TPSA) is 0 Å². The Morgan fingerprint density at radius 1 is 0.448 bits per heavy atom. The van der Waals surface area contributed by atoms with Gasteiger partial charge < -0.3 is 0 Å². The van der Waals surface area contributed by atoms with Crippen LogP contribution in [0.5, 0.6) is 0 Å². The molecule has 0 saturated heterocycles. The molecule has 0 saturated carbocycles. The van der Waals surface area contributed by atoms with Gasteiger partial charge in [-0.05, 0) is 45.7 Å². The van der Waals surface area contributed by atoms with Gasteiger partial charge in [-0.25, -0.2) is 0 Å². The molecule has 5 aromatic carbocycles. The number of hydrogen-bond acceptors (Lipinski definition) is 1. The van der Waals surface area contributed by atoms with Crippen molar-refractivity contribution in [3.63, 3.8) is 0 Å². The zero-order chi connectivity index (χ0) is 19.2. The van der Waals surface area contributed by atoms with Crippen LogP contribution in [0, 0.1) is 0 Å². The molecule has 136 valence electrons. The van der Waals surface area contributed by atoms with Crippen molar-refractivity contribution in [2.24, 2.45) is 0 Å². The van der Waals surface area contributed by atoms with Crippen LogP contribution >= 0.6 is 11.3 Å². The molecule has 0 fully saturated rings. The standard InChI is InChI=1S/C28H18S/c1-2-9-19(10-3-1)20-12-8-13-22(17-20)27-23-14-5-4-11-21(23)18-25-24-15-6-7-16-26(24)29-28(25)27/h1-18H. The molecule has 0 atom stereocenters. The van der Waals surface area contributed by atoms with Crippen LogP contribution in [0.4, 0.5) is 0 Å². The van der Waals surface area contributed by atoms with Crippen molar-refractivity contribution in [3.8, 4) is 22.3 Å². The van der Waals surface area contributed by atoms with Crippen molar-refractivity contribution in [2.45, 2.75) is 0 Å². The lowest BCUT2D eigenvalue weighted by Crippen LogP contribution is -1.85. The second-order valence-electron chi connectivity index (χ2n) is 7.39. The van der Waals surface area contributed by atoms with Gasteiger partial charge in [0.1, 0.15) is 0 Å². The second kappa shape index (κ2) is 6.58. The number of fused-ring (bicyclic) bond motifs is 4. The number of hydrogen-bond donors (Lipinski definition) is 0. The first-order chi connectivity index (χ1) is 14.4. The quantitative estimate of drug-likeness (QED) is 0.280. The van der Waals surface area contributed by atoms with Crippen molar-refractivity contribution < 1.29 is 0 Å². The first-order valence-electron chi connectivity index (χ1n) is 9.87. The van der Waals surface area contributed by atoms with E-state index in [-0.39, 0.29) is 0 Å². The summed E-state index contributed by atoms with van der Waals surface area (Å²) in [6.07, 6.45) is 0. The lowest BCUT2D eigenvalue weighted by atomic mass is 9.93. The molecule has 0 N–H and O–H groups in total. The second-order valence-corrected chi connectivity index (χ2v) is 8.45. The maximum absolute atomic E-state index is 2.36. The van der Waals surface area contributed by atoms with E-state index < -0.39 is 0 Å². The fourth-order valence-electron chi connectivity index (χ4n) is 4.29. The first kappa shape index (κ1) is 16.5. The third-order valence-electron chi connectivity index (χ3n) is 5.65. The van der Waals surface area contributed by atoms with Crippen LogP contribution in [0.2, 0.25) is 0 Å². The summed E-state index contributed by atoms with van der Waals surface area (Å²) in [5.74, 6) is 0. The third kappa shape index (κ3) is 2.66. The third-order valence-corrected chi connectivity index (χ3v) is 6.85. The van der Waals surface area contributed by atoms with Crippen molar-refractivity contribution in [3.05, 3.63) is 109 Å². The Morgan fingerprint density at radius 2 is 1.14 bits per heavy atom. The molecule has 6 rings (SSSR count). The molecular formula is C28H18S. The summed E-state index contributed by atoms with van der Waals surface area (Å²) in [6.45, 7) is 0. The van der Waals surface area contributed by atoms with Gasteiger partial charge in [0.2, 0.25) is 0 Å². The monoisotopic (exact) mass is 386 g/mol. The summed E-state index contributed by atoms with van der Waals surface area (Å²) < 4.78 is 2.72. The maximum Gasteiger partial charge on any atom is 0.0440 e. The molecule has 0 radical (unpaired) electrons. The van der Waals surface area contributed by atoms with Crippen LogP contribution in [0.25, 0.3) is 53.2 Å². The minimum absolute atomic E-state index is 1.25. The molecule has 0 nitrogen and oxygen atoms in total. The van der Waals surface area contributed by atoms with Gasteiger partial charge >= 0.3 is 0 Å². The van der Waals surface area contributed by atoms with Gasteiger partial charge in [-0.15, -0.1) is 11.3 Å². The summed E-state index contributed by atoms with van der Waals surface area (Å²) in [6, 6.07) is 39.4. The van der Waals surface area contributed by atoms with Gasteiger partial charge in [-0.2, -0.15) is 0 Å². The smallest absolute Gasteiger partial charge is 0.0440 e. The molecule has 0 amide bonds. The molecule has 0 aliphatic carbocycles. The highest BCUT2D eigenvalue weighted by molar-refractivity contribution is 7.26. The Balaban J connectivity index is 1.72. The number of benzene rings is 5. The minimum Gasteiger partial charge on any atom is -0.135 e. The fraction of sp³-hybridized carbons (Fsp3) is 0. The van der Waals surface area contributed by atoms with E-state index in [1.165, 1.54) is 53.2 Å². The van der Waals surface area contributed by atoms with Crippen molar-refractivity contribution >= 4 is 42.3 Å². The predicted molar refractivity (Wildman–Crippen MR) is 128 cm³/mol. The van der Waals surface area contributed by atoms with Crippen molar-refractivity contribution in [1.29, 1.82) is 0 Å². The SMILES string of the molecule is c1ccc(-c2cccc(-c3c4ccccc4cc4c3sc3ccccc34)c2)cc1. The first-order valence-corrected chi connectivity index (χ1v) is 10.7. The van der Waals surface area contributed by atoms with Crippen molar-refractivity contribution in [1.82, 2.24) is 0 Å². The van der Waals surface area contributed by atoms with Gasteiger partial charge in [0.25, 0.3) is 0 Å². The van der Waals surface area contributed by atoms with Gasteiger partial charge in [0.05, 0.1) is 0 Å². The Morgan fingerprint density at radius 3 is 2.03 bits per heavy atom. The largest absolute Gasteiger partial charge is 0.135 e. The Hall–Kier alpha value is -3.42. The van der Waals surface area contributed by atoms with Crippen LogP contribution in [-0.2, 0) is 0 Å². The van der Waals surface area contributed by atoms with Gasteiger partial charge in [0.15, 0.2) is 0 Å². The zero-order valence-electron chi connectivity index (χ0n) is 15.8. The van der Waals surface area contributed by atoms with Crippen LogP contribution in [0.3, 0.4) is 0 Å². The van der Waals surface area contributed by atoms with E-state index in [2.05, 4.69) is 109 Å². The van der Waals surface area contributed by atoms with Gasteiger partial charge in [-0.3, -0.25) is 0 Å². The average molecular weight is 387 g/mol. The Bertz CT molecular complexity index is 1490. The highest BCUT2D eigenvalue weighted by Crippen LogP contribution is 2.44. The van der Waals surface area contributed by atoms with Crippen LogP contribution in [0.15, 0.2) is 109 Å². The fourth-order valence-corrected chi connectivity index (χ4v) is 5.56. The van der Waals surface area contributed by atoms with E-state index in [1.54, 1.807) is 0 Å². The van der Waals surface area contributed by atoms with E-state index in [9.17, 15) is 0 Å². The molecule has 1 aromatic heterocycles. The molecule has 1 heterocycles. The zero-order valence-corrected chi connectivity index (χ0v) is 16.6. The molecule has 6 aromatic rings. The van der Waals surface area contributed by atoms with Crippen molar-refractivity contribution in [2.75, 3.05) is 0 Å². The van der Waals surface area contributed by atoms with E-state index in [0.717, 1.165) is 0 Å². The molecule has 29 heavy (non-hydrogen) atoms. The number of thiophene rings is 1. The Labute approximate surface area is 173 Å². The van der Waals surface area contributed by atoms with E-state index in [1.807, 2.05) is 11.3 Å². The highest BCUT2D eigenvalue weighted by Gasteiger charge is 2.15. The Kier molecular flexibility index (Phi) is 3.75. The van der Waals surface area contributed by atoms with E-state index in [4.69, 9.17) is 0 Å². The molecule has 0 aliphatic heterocycles. The molecule has 0 bridgehead atoms. The normalized spacial score (nSPS) is 11.4. The molecule has 1 heteroatoms.